The summed E-state index contributed by atoms with van der Waals surface area (Å²) in [5.41, 5.74) is 2.55. The van der Waals surface area contributed by atoms with Crippen molar-refractivity contribution in [2.24, 2.45) is 0 Å². The third-order valence-corrected chi connectivity index (χ3v) is 4.11. The summed E-state index contributed by atoms with van der Waals surface area (Å²) in [5, 5.41) is 10.4. The quantitative estimate of drug-likeness (QED) is 0.490. The van der Waals surface area contributed by atoms with E-state index in [-0.39, 0.29) is 12.0 Å². The molecule has 1 N–H and O–H groups in total. The van der Waals surface area contributed by atoms with Crippen molar-refractivity contribution in [3.63, 3.8) is 0 Å². The van der Waals surface area contributed by atoms with Gasteiger partial charge in [-0.15, -0.1) is 6.58 Å². The van der Waals surface area contributed by atoms with Crippen molar-refractivity contribution in [1.82, 2.24) is 0 Å². The first kappa shape index (κ1) is 16.5. The summed E-state index contributed by atoms with van der Waals surface area (Å²) in [6, 6.07) is 21.0. The maximum Gasteiger partial charge on any atom is 0.0549 e. The lowest BCUT2D eigenvalue weighted by Gasteiger charge is -2.21. The Labute approximate surface area is 134 Å². The van der Waals surface area contributed by atoms with Crippen LogP contribution in [0.25, 0.3) is 0 Å². The van der Waals surface area contributed by atoms with Crippen LogP contribution >= 0.6 is 0 Å². The van der Waals surface area contributed by atoms with E-state index in [0.717, 1.165) is 32.1 Å². The van der Waals surface area contributed by atoms with Crippen LogP contribution in [0, 0.1) is 0 Å². The molecule has 0 saturated carbocycles. The maximum atomic E-state index is 10.4. The van der Waals surface area contributed by atoms with Crippen molar-refractivity contribution in [3.05, 3.63) is 84.4 Å². The topological polar surface area (TPSA) is 20.2 Å². The Morgan fingerprint density at radius 1 is 0.864 bits per heavy atom. The van der Waals surface area contributed by atoms with Crippen molar-refractivity contribution < 1.29 is 5.11 Å². The summed E-state index contributed by atoms with van der Waals surface area (Å²) in [7, 11) is 0. The van der Waals surface area contributed by atoms with E-state index in [1.807, 2.05) is 18.2 Å². The van der Waals surface area contributed by atoms with Gasteiger partial charge in [-0.3, -0.25) is 0 Å². The molecule has 0 aliphatic heterocycles. The van der Waals surface area contributed by atoms with Crippen LogP contribution in [0.5, 0.6) is 0 Å². The van der Waals surface area contributed by atoms with Gasteiger partial charge < -0.3 is 5.11 Å². The molecule has 0 bridgehead atoms. The summed E-state index contributed by atoms with van der Waals surface area (Å²) in [5.74, 6) is 0.261. The number of aliphatic hydroxyl groups is 1. The van der Waals surface area contributed by atoms with Crippen molar-refractivity contribution in [1.29, 1.82) is 0 Å². The summed E-state index contributed by atoms with van der Waals surface area (Å²) in [4.78, 5) is 0. The number of unbranched alkanes of at least 4 members (excludes halogenated alkanes) is 2. The fraction of sp³-hybridized carbons (Fsp3) is 0.333. The van der Waals surface area contributed by atoms with Crippen LogP contribution in [0.3, 0.4) is 0 Å². The van der Waals surface area contributed by atoms with Crippen LogP contribution in [0.1, 0.15) is 49.1 Å². The van der Waals surface area contributed by atoms with Gasteiger partial charge in [-0.1, -0.05) is 73.2 Å². The molecule has 2 aromatic carbocycles. The molecular weight excluding hydrogens is 268 g/mol. The van der Waals surface area contributed by atoms with Crippen LogP contribution in [0.2, 0.25) is 0 Å². The maximum absolute atomic E-state index is 10.4. The standard InChI is InChI=1S/C21H26O/c1-2-3-4-11-16-20(22)17-21(18-12-7-5-8-13-18)19-14-9-6-10-15-19/h2,5-10,12-15,20-22H,1,3-4,11,16-17H2. The second-order valence-electron chi connectivity index (χ2n) is 5.84. The fourth-order valence-electron chi connectivity index (χ4n) is 2.89. The highest BCUT2D eigenvalue weighted by Crippen LogP contribution is 2.30. The number of aliphatic hydroxyl groups excluding tert-OH is 1. The molecule has 116 valence electrons. The number of hydrogen-bond acceptors (Lipinski definition) is 1. The van der Waals surface area contributed by atoms with Gasteiger partial charge in [-0.05, 0) is 36.8 Å². The molecule has 2 rings (SSSR count). The normalized spacial score (nSPS) is 12.3. The fourth-order valence-corrected chi connectivity index (χ4v) is 2.89. The number of benzene rings is 2. The second kappa shape index (κ2) is 9.22. The van der Waals surface area contributed by atoms with Gasteiger partial charge in [0.15, 0.2) is 0 Å². The van der Waals surface area contributed by atoms with Gasteiger partial charge in [0, 0.05) is 5.92 Å². The molecule has 0 aromatic heterocycles. The first-order valence-electron chi connectivity index (χ1n) is 8.20. The van der Waals surface area contributed by atoms with E-state index in [4.69, 9.17) is 0 Å². The van der Waals surface area contributed by atoms with E-state index >= 15 is 0 Å². The molecule has 0 fully saturated rings. The van der Waals surface area contributed by atoms with Crippen molar-refractivity contribution >= 4 is 0 Å². The third kappa shape index (κ3) is 5.16. The zero-order valence-electron chi connectivity index (χ0n) is 13.2. The van der Waals surface area contributed by atoms with Crippen molar-refractivity contribution in [2.75, 3.05) is 0 Å². The van der Waals surface area contributed by atoms with E-state index in [1.165, 1.54) is 11.1 Å². The Balaban J connectivity index is 2.04. The monoisotopic (exact) mass is 294 g/mol. The molecule has 1 unspecified atom stereocenters. The highest BCUT2D eigenvalue weighted by Gasteiger charge is 2.18. The average molecular weight is 294 g/mol. The van der Waals surface area contributed by atoms with Crippen LogP contribution in [-0.4, -0.2) is 11.2 Å². The van der Waals surface area contributed by atoms with Gasteiger partial charge in [-0.25, -0.2) is 0 Å². The number of allylic oxidation sites excluding steroid dienone is 1. The minimum Gasteiger partial charge on any atom is -0.393 e. The molecule has 0 saturated heterocycles. The highest BCUT2D eigenvalue weighted by atomic mass is 16.3. The molecule has 1 atom stereocenters. The summed E-state index contributed by atoms with van der Waals surface area (Å²) in [6.45, 7) is 3.74. The lowest BCUT2D eigenvalue weighted by atomic mass is 9.85. The Hall–Kier alpha value is -1.86. The Morgan fingerprint density at radius 3 is 1.91 bits per heavy atom. The second-order valence-corrected chi connectivity index (χ2v) is 5.84. The molecule has 0 aliphatic rings. The van der Waals surface area contributed by atoms with Gasteiger partial charge in [0.05, 0.1) is 6.10 Å². The lowest BCUT2D eigenvalue weighted by Crippen LogP contribution is -2.13. The summed E-state index contributed by atoms with van der Waals surface area (Å²) >= 11 is 0. The molecule has 0 spiro atoms. The molecule has 2 aromatic rings. The summed E-state index contributed by atoms with van der Waals surface area (Å²) < 4.78 is 0. The molecule has 0 amide bonds. The van der Waals surface area contributed by atoms with Gasteiger partial charge in [0.25, 0.3) is 0 Å². The zero-order valence-corrected chi connectivity index (χ0v) is 13.2. The van der Waals surface area contributed by atoms with E-state index in [1.54, 1.807) is 0 Å². The minimum atomic E-state index is -0.254. The average Bonchev–Trinajstić information content (AvgIpc) is 2.58. The SMILES string of the molecule is C=CCCCCC(O)CC(c1ccccc1)c1ccccc1. The lowest BCUT2D eigenvalue weighted by molar-refractivity contribution is 0.146. The van der Waals surface area contributed by atoms with Gasteiger partial charge in [0.1, 0.15) is 0 Å². The van der Waals surface area contributed by atoms with Crippen molar-refractivity contribution in [3.8, 4) is 0 Å². The van der Waals surface area contributed by atoms with Gasteiger partial charge in [-0.2, -0.15) is 0 Å². The van der Waals surface area contributed by atoms with E-state index in [0.29, 0.717) is 0 Å². The van der Waals surface area contributed by atoms with E-state index in [2.05, 4.69) is 55.1 Å². The molecule has 0 aliphatic carbocycles. The first-order chi connectivity index (χ1) is 10.8. The van der Waals surface area contributed by atoms with Crippen LogP contribution in [0.15, 0.2) is 73.3 Å². The first-order valence-corrected chi connectivity index (χ1v) is 8.20. The molecule has 22 heavy (non-hydrogen) atoms. The van der Waals surface area contributed by atoms with Crippen LogP contribution in [0.4, 0.5) is 0 Å². The summed E-state index contributed by atoms with van der Waals surface area (Å²) in [6.07, 6.45) is 6.55. The molecule has 1 nitrogen and oxygen atoms in total. The van der Waals surface area contributed by atoms with Crippen LogP contribution in [-0.2, 0) is 0 Å². The Morgan fingerprint density at radius 2 is 1.41 bits per heavy atom. The van der Waals surface area contributed by atoms with Crippen molar-refractivity contribution in [2.45, 2.75) is 44.1 Å². The van der Waals surface area contributed by atoms with Gasteiger partial charge in [0.2, 0.25) is 0 Å². The van der Waals surface area contributed by atoms with E-state index < -0.39 is 0 Å². The van der Waals surface area contributed by atoms with E-state index in [9.17, 15) is 5.11 Å². The van der Waals surface area contributed by atoms with Crippen LogP contribution < -0.4 is 0 Å². The van der Waals surface area contributed by atoms with Gasteiger partial charge >= 0.3 is 0 Å². The predicted molar refractivity (Wildman–Crippen MR) is 94.0 cm³/mol. The molecule has 1 heteroatoms. The number of hydrogen-bond donors (Lipinski definition) is 1. The zero-order chi connectivity index (χ0) is 15.6. The minimum absolute atomic E-state index is 0.254. The highest BCUT2D eigenvalue weighted by molar-refractivity contribution is 5.32. The molecule has 0 heterocycles. The Bertz CT molecular complexity index is 493. The molecular formula is C21H26O. The smallest absolute Gasteiger partial charge is 0.0549 e. The Kier molecular flexibility index (Phi) is 6.92. The largest absolute Gasteiger partial charge is 0.393 e. The third-order valence-electron chi connectivity index (χ3n) is 4.11. The predicted octanol–water partition coefficient (Wildman–Crippen LogP) is 5.32. The number of rotatable bonds is 9. The molecule has 0 radical (unpaired) electrons.